The van der Waals surface area contributed by atoms with Gasteiger partial charge in [-0.05, 0) is 41.3 Å². The molecule has 1 aliphatic heterocycles. The second-order valence-electron chi connectivity index (χ2n) is 8.82. The highest BCUT2D eigenvalue weighted by atomic mass is 16.5. The lowest BCUT2D eigenvalue weighted by atomic mass is 10.0. The van der Waals surface area contributed by atoms with Crippen molar-refractivity contribution in [3.05, 3.63) is 101 Å². The highest BCUT2D eigenvalue weighted by Crippen LogP contribution is 2.32. The molecule has 1 amide bonds. The molecule has 0 radical (unpaired) electrons. The number of allylic oxidation sites excluding steroid dienone is 5. The molecule has 0 saturated carbocycles. The van der Waals surface area contributed by atoms with Gasteiger partial charge >= 0.3 is 0 Å². The Labute approximate surface area is 213 Å². The van der Waals surface area contributed by atoms with Gasteiger partial charge in [0.05, 0.1) is 7.11 Å². The molecule has 6 nitrogen and oxygen atoms in total. The van der Waals surface area contributed by atoms with E-state index in [0.717, 1.165) is 43.9 Å². The molecule has 36 heavy (non-hydrogen) atoms. The summed E-state index contributed by atoms with van der Waals surface area (Å²) in [6.07, 6.45) is 9.33. The van der Waals surface area contributed by atoms with Gasteiger partial charge in [-0.2, -0.15) is 0 Å². The third kappa shape index (κ3) is 5.45. The van der Waals surface area contributed by atoms with E-state index in [4.69, 9.17) is 9.94 Å². The van der Waals surface area contributed by atoms with Crippen molar-refractivity contribution < 1.29 is 14.7 Å². The fourth-order valence-electron chi connectivity index (χ4n) is 4.96. The number of carbonyl (C=O) groups is 1. The lowest BCUT2D eigenvalue weighted by Gasteiger charge is -2.28. The van der Waals surface area contributed by atoms with E-state index < -0.39 is 5.91 Å². The number of carbonyl (C=O) groups excluding carboxylic acids is 1. The third-order valence-corrected chi connectivity index (χ3v) is 6.71. The predicted octanol–water partition coefficient (Wildman–Crippen LogP) is 5.55. The number of amides is 1. The number of nitrogens with zero attached hydrogens (tertiary/aromatic N) is 2. The first kappa shape index (κ1) is 25.5. The van der Waals surface area contributed by atoms with Crippen molar-refractivity contribution in [2.75, 3.05) is 13.7 Å². The molecule has 2 aromatic carbocycles. The van der Waals surface area contributed by atoms with Crippen LogP contribution < -0.4 is 10.2 Å². The quantitative estimate of drug-likeness (QED) is 0.355. The van der Waals surface area contributed by atoms with Crippen LogP contribution >= 0.6 is 0 Å². The number of hydroxylamine groups is 1. The van der Waals surface area contributed by atoms with E-state index in [9.17, 15) is 4.79 Å². The molecule has 3 aromatic rings. The van der Waals surface area contributed by atoms with Crippen molar-refractivity contribution >= 4 is 16.8 Å². The van der Waals surface area contributed by atoms with Crippen LogP contribution in [0.15, 0.2) is 84.0 Å². The number of hydrogen-bond donors (Lipinski definition) is 2. The van der Waals surface area contributed by atoms with E-state index in [2.05, 4.69) is 51.9 Å². The Morgan fingerprint density at radius 3 is 2.58 bits per heavy atom. The van der Waals surface area contributed by atoms with Crippen LogP contribution in [0.5, 0.6) is 5.75 Å². The number of benzene rings is 2. The first-order chi connectivity index (χ1) is 17.7. The molecule has 1 aromatic heterocycles. The molecule has 2 N–H and O–H groups in total. The van der Waals surface area contributed by atoms with Gasteiger partial charge in [0.15, 0.2) is 0 Å². The maximum Gasteiger partial charge on any atom is 0.270 e. The summed E-state index contributed by atoms with van der Waals surface area (Å²) in [5.41, 5.74) is 8.73. The first-order valence-electron chi connectivity index (χ1n) is 12.6. The predicted molar refractivity (Wildman–Crippen MR) is 144 cm³/mol. The van der Waals surface area contributed by atoms with E-state index in [1.807, 2.05) is 38.1 Å². The van der Waals surface area contributed by atoms with Crippen molar-refractivity contribution in [3.63, 3.8) is 0 Å². The molecule has 0 unspecified atom stereocenters. The van der Waals surface area contributed by atoms with Crippen molar-refractivity contribution in [3.8, 4) is 5.75 Å². The number of hydrogen-bond acceptors (Lipinski definition) is 4. The van der Waals surface area contributed by atoms with Crippen LogP contribution in [0.2, 0.25) is 0 Å². The fourth-order valence-corrected chi connectivity index (χ4v) is 4.96. The summed E-state index contributed by atoms with van der Waals surface area (Å²) in [6.45, 7) is 7.59. The smallest absolute Gasteiger partial charge is 0.270 e. The normalized spacial score (nSPS) is 15.2. The monoisotopic (exact) mass is 485 g/mol. The summed E-state index contributed by atoms with van der Waals surface area (Å²) < 4.78 is 7.72. The Morgan fingerprint density at radius 2 is 1.83 bits per heavy atom. The SMILES string of the molecule is CC.COc1ccc(CN2CCc3c(c4ccccc4n3CC3=CC=C(C(=O)NO)CC=C3)C2)cc1. The molecule has 5 rings (SSSR count). The average Bonchev–Trinajstić information content (AvgIpc) is 3.06. The molecular formula is C30H35N3O3. The third-order valence-electron chi connectivity index (χ3n) is 6.71. The summed E-state index contributed by atoms with van der Waals surface area (Å²) in [5, 5.41) is 10.3. The first-order valence-corrected chi connectivity index (χ1v) is 12.6. The molecule has 6 heteroatoms. The summed E-state index contributed by atoms with van der Waals surface area (Å²) in [4.78, 5) is 14.3. The Kier molecular flexibility index (Phi) is 8.41. The number of ether oxygens (including phenoxy) is 1. The van der Waals surface area contributed by atoms with Gasteiger partial charge < -0.3 is 9.30 Å². The van der Waals surface area contributed by atoms with Crippen LogP contribution in [0, 0.1) is 0 Å². The number of rotatable bonds is 6. The second-order valence-corrected chi connectivity index (χ2v) is 8.82. The van der Waals surface area contributed by atoms with E-state index in [1.165, 1.54) is 27.7 Å². The van der Waals surface area contributed by atoms with Crippen molar-refractivity contribution in [1.29, 1.82) is 0 Å². The molecule has 0 saturated heterocycles. The zero-order valence-electron chi connectivity index (χ0n) is 21.3. The second kappa shape index (κ2) is 11.9. The van der Waals surface area contributed by atoms with E-state index in [1.54, 1.807) is 18.7 Å². The van der Waals surface area contributed by atoms with Gasteiger partial charge in [-0.1, -0.05) is 68.5 Å². The standard InChI is InChI=1S/C28H29N3O3.C2H6/c1-34-23-13-10-21(11-14-23)17-30-16-15-27-25(19-30)24-7-2-3-8-26(24)31(27)18-20-5-4-6-22(12-9-20)28(32)29-33;1-2/h2-5,7-14,33H,6,15-19H2,1H3,(H,29,32);1-2H3. The van der Waals surface area contributed by atoms with Gasteiger partial charge in [-0.3, -0.25) is 14.9 Å². The summed E-state index contributed by atoms with van der Waals surface area (Å²) in [7, 11) is 1.69. The van der Waals surface area contributed by atoms with Crippen LogP contribution in [0.4, 0.5) is 0 Å². The number of nitrogens with one attached hydrogen (secondary N) is 1. The Balaban J connectivity index is 0.00000148. The topological polar surface area (TPSA) is 66.7 Å². The van der Waals surface area contributed by atoms with Crippen LogP contribution in [0.3, 0.4) is 0 Å². The molecule has 0 bridgehead atoms. The zero-order chi connectivity index (χ0) is 25.5. The summed E-state index contributed by atoms with van der Waals surface area (Å²) in [6, 6.07) is 17.0. The lowest BCUT2D eigenvalue weighted by molar-refractivity contribution is -0.125. The molecule has 0 atom stereocenters. The summed E-state index contributed by atoms with van der Waals surface area (Å²) in [5.74, 6) is 0.427. The Morgan fingerprint density at radius 1 is 1.06 bits per heavy atom. The maximum atomic E-state index is 11.8. The molecule has 2 aliphatic rings. The molecule has 188 valence electrons. The molecule has 1 aliphatic carbocycles. The molecule has 2 heterocycles. The van der Waals surface area contributed by atoms with Crippen molar-refractivity contribution in [2.24, 2.45) is 0 Å². The van der Waals surface area contributed by atoms with Gasteiger partial charge in [0, 0.05) is 54.8 Å². The van der Waals surface area contributed by atoms with E-state index in [0.29, 0.717) is 12.0 Å². The zero-order valence-corrected chi connectivity index (χ0v) is 21.3. The van der Waals surface area contributed by atoms with E-state index in [-0.39, 0.29) is 0 Å². The highest BCUT2D eigenvalue weighted by Gasteiger charge is 2.24. The van der Waals surface area contributed by atoms with Crippen LogP contribution in [0.25, 0.3) is 10.9 Å². The van der Waals surface area contributed by atoms with Gasteiger partial charge in [0.1, 0.15) is 5.75 Å². The van der Waals surface area contributed by atoms with E-state index >= 15 is 0 Å². The van der Waals surface area contributed by atoms with Crippen LogP contribution in [-0.4, -0.2) is 34.2 Å². The van der Waals surface area contributed by atoms with Crippen molar-refractivity contribution in [1.82, 2.24) is 14.9 Å². The minimum atomic E-state index is -0.456. The lowest BCUT2D eigenvalue weighted by Crippen LogP contribution is -2.30. The van der Waals surface area contributed by atoms with Crippen LogP contribution in [-0.2, 0) is 30.8 Å². The fraction of sp³-hybridized carbons (Fsp3) is 0.300. The number of methoxy groups -OCH3 is 1. The van der Waals surface area contributed by atoms with Gasteiger partial charge in [0.2, 0.25) is 0 Å². The minimum Gasteiger partial charge on any atom is -0.497 e. The highest BCUT2D eigenvalue weighted by molar-refractivity contribution is 5.93. The largest absolute Gasteiger partial charge is 0.497 e. The molecule has 0 spiro atoms. The molecular weight excluding hydrogens is 450 g/mol. The number of fused-ring (bicyclic) bond motifs is 3. The van der Waals surface area contributed by atoms with Gasteiger partial charge in [-0.25, -0.2) is 5.48 Å². The average molecular weight is 486 g/mol. The van der Waals surface area contributed by atoms with Crippen LogP contribution in [0.1, 0.15) is 37.1 Å². The molecule has 0 fully saturated rings. The Hall–Kier alpha value is -3.61. The number of aromatic nitrogens is 1. The van der Waals surface area contributed by atoms with Gasteiger partial charge in [-0.15, -0.1) is 0 Å². The van der Waals surface area contributed by atoms with Gasteiger partial charge in [0.25, 0.3) is 5.91 Å². The maximum absolute atomic E-state index is 11.8. The van der Waals surface area contributed by atoms with Crippen molar-refractivity contribution in [2.45, 2.75) is 46.3 Å². The Bertz CT molecular complexity index is 1300. The minimum absolute atomic E-state index is 0.456. The number of para-hydroxylation sites is 1. The summed E-state index contributed by atoms with van der Waals surface area (Å²) >= 11 is 0.